The molecule has 0 saturated heterocycles. The van der Waals surface area contributed by atoms with Crippen LogP contribution in [0.4, 0.5) is 5.69 Å². The Morgan fingerprint density at radius 2 is 2.06 bits per heavy atom. The molecule has 1 unspecified atom stereocenters. The molecule has 0 aliphatic heterocycles. The zero-order chi connectivity index (χ0) is 23.6. The summed E-state index contributed by atoms with van der Waals surface area (Å²) in [4.78, 5) is 32.4. The lowest BCUT2D eigenvalue weighted by atomic mass is 10.2. The maximum absolute atomic E-state index is 13.2. The van der Waals surface area contributed by atoms with Crippen LogP contribution in [0.3, 0.4) is 0 Å². The van der Waals surface area contributed by atoms with Gasteiger partial charge in [0.15, 0.2) is 5.16 Å². The van der Waals surface area contributed by atoms with Gasteiger partial charge in [0.1, 0.15) is 4.83 Å². The average molecular weight is 495 g/mol. The van der Waals surface area contributed by atoms with Gasteiger partial charge in [-0.25, -0.2) is 18.5 Å². The van der Waals surface area contributed by atoms with Crippen LogP contribution >= 0.6 is 23.1 Å². The zero-order valence-electron chi connectivity index (χ0n) is 18.3. The summed E-state index contributed by atoms with van der Waals surface area (Å²) in [6.45, 7) is 8.19. The van der Waals surface area contributed by atoms with Crippen molar-refractivity contribution in [3.05, 3.63) is 45.1 Å². The first-order chi connectivity index (χ1) is 15.0. The van der Waals surface area contributed by atoms with Crippen LogP contribution in [-0.4, -0.2) is 29.1 Å². The molecule has 2 heterocycles. The molecule has 0 spiro atoms. The van der Waals surface area contributed by atoms with Gasteiger partial charge in [0, 0.05) is 17.1 Å². The summed E-state index contributed by atoms with van der Waals surface area (Å²) in [5.41, 5.74) is 1.19. The number of sulfonamides is 1. The average Bonchev–Trinajstić information content (AvgIpc) is 3.01. The SMILES string of the molecule is CCCCn1c(SC(C)C(=O)Nc2cccc(S(N)(=O)=O)c2)nc2sc(C)c(C)c2c1=O. The Hall–Kier alpha value is -2.21. The number of nitrogens with two attached hydrogens (primary N) is 1. The van der Waals surface area contributed by atoms with Gasteiger partial charge in [-0.1, -0.05) is 31.2 Å². The van der Waals surface area contributed by atoms with Crippen LogP contribution in [0, 0.1) is 13.8 Å². The topological polar surface area (TPSA) is 124 Å². The maximum Gasteiger partial charge on any atom is 0.263 e. The fourth-order valence-electron chi connectivity index (χ4n) is 3.12. The number of carbonyl (C=O) groups is 1. The molecule has 0 bridgehead atoms. The molecule has 0 aliphatic carbocycles. The first-order valence-corrected chi connectivity index (χ1v) is 13.4. The Kier molecular flexibility index (Phi) is 7.43. The summed E-state index contributed by atoms with van der Waals surface area (Å²) in [5, 5.41) is 8.44. The van der Waals surface area contributed by atoms with Crippen LogP contribution in [0.2, 0.25) is 0 Å². The maximum atomic E-state index is 13.2. The molecule has 3 rings (SSSR count). The van der Waals surface area contributed by atoms with E-state index in [0.29, 0.717) is 27.6 Å². The van der Waals surface area contributed by atoms with Crippen molar-refractivity contribution in [3.63, 3.8) is 0 Å². The van der Waals surface area contributed by atoms with Crippen molar-refractivity contribution >= 4 is 54.9 Å². The number of fused-ring (bicyclic) bond motifs is 1. The number of nitrogens with one attached hydrogen (secondary N) is 1. The van der Waals surface area contributed by atoms with E-state index in [2.05, 4.69) is 12.2 Å². The Balaban J connectivity index is 1.89. The number of primary sulfonamides is 1. The molecule has 32 heavy (non-hydrogen) atoms. The molecule has 3 N–H and O–H groups in total. The molecule has 1 amide bonds. The van der Waals surface area contributed by atoms with Crippen molar-refractivity contribution in [2.75, 3.05) is 5.32 Å². The summed E-state index contributed by atoms with van der Waals surface area (Å²) in [7, 11) is -3.87. The van der Waals surface area contributed by atoms with Crippen molar-refractivity contribution < 1.29 is 13.2 Å². The number of unbranched alkanes of at least 4 members (excludes halogenated alkanes) is 1. The van der Waals surface area contributed by atoms with Crippen molar-refractivity contribution in [2.24, 2.45) is 5.14 Å². The molecule has 0 radical (unpaired) electrons. The molecule has 0 aliphatic rings. The molecular weight excluding hydrogens is 468 g/mol. The van der Waals surface area contributed by atoms with E-state index < -0.39 is 15.3 Å². The predicted molar refractivity (Wildman–Crippen MR) is 130 cm³/mol. The normalized spacial score (nSPS) is 12.8. The van der Waals surface area contributed by atoms with E-state index in [1.807, 2.05) is 13.8 Å². The van der Waals surface area contributed by atoms with Gasteiger partial charge in [-0.2, -0.15) is 0 Å². The van der Waals surface area contributed by atoms with Crippen LogP contribution in [0.5, 0.6) is 0 Å². The second kappa shape index (κ2) is 9.74. The van der Waals surface area contributed by atoms with Gasteiger partial charge in [0.25, 0.3) is 5.56 Å². The second-order valence-corrected chi connectivity index (χ2v) is 11.6. The van der Waals surface area contributed by atoms with E-state index >= 15 is 0 Å². The molecule has 11 heteroatoms. The fourth-order valence-corrected chi connectivity index (χ4v) is 5.68. The Labute approximate surface area is 195 Å². The first-order valence-electron chi connectivity index (χ1n) is 10.1. The van der Waals surface area contributed by atoms with E-state index in [9.17, 15) is 18.0 Å². The second-order valence-electron chi connectivity index (χ2n) is 7.49. The summed E-state index contributed by atoms with van der Waals surface area (Å²) < 4.78 is 24.8. The summed E-state index contributed by atoms with van der Waals surface area (Å²) in [6.07, 6.45) is 1.75. The number of hydrogen-bond donors (Lipinski definition) is 2. The number of aromatic nitrogens is 2. The van der Waals surface area contributed by atoms with Crippen LogP contribution in [0.1, 0.15) is 37.1 Å². The smallest absolute Gasteiger partial charge is 0.263 e. The van der Waals surface area contributed by atoms with Gasteiger partial charge >= 0.3 is 0 Å². The van der Waals surface area contributed by atoms with E-state index in [1.165, 1.54) is 41.3 Å². The van der Waals surface area contributed by atoms with E-state index in [0.717, 1.165) is 23.3 Å². The highest BCUT2D eigenvalue weighted by atomic mass is 32.2. The number of benzene rings is 1. The highest BCUT2D eigenvalue weighted by Crippen LogP contribution is 2.30. The third-order valence-electron chi connectivity index (χ3n) is 5.07. The van der Waals surface area contributed by atoms with Gasteiger partial charge in [-0.05, 0) is 51.0 Å². The summed E-state index contributed by atoms with van der Waals surface area (Å²) in [5.74, 6) is -0.337. The lowest BCUT2D eigenvalue weighted by Crippen LogP contribution is -2.27. The molecule has 8 nitrogen and oxygen atoms in total. The number of aryl methyl sites for hydroxylation is 2. The van der Waals surface area contributed by atoms with E-state index in [-0.39, 0.29) is 16.4 Å². The van der Waals surface area contributed by atoms with Crippen molar-refractivity contribution in [2.45, 2.75) is 62.4 Å². The van der Waals surface area contributed by atoms with Crippen LogP contribution < -0.4 is 16.0 Å². The van der Waals surface area contributed by atoms with Crippen molar-refractivity contribution in [1.82, 2.24) is 9.55 Å². The molecule has 1 aromatic carbocycles. The monoisotopic (exact) mass is 494 g/mol. The largest absolute Gasteiger partial charge is 0.325 e. The highest BCUT2D eigenvalue weighted by molar-refractivity contribution is 8.00. The molecule has 1 atom stereocenters. The third kappa shape index (κ3) is 5.22. The van der Waals surface area contributed by atoms with Crippen molar-refractivity contribution in [1.29, 1.82) is 0 Å². The predicted octanol–water partition coefficient (Wildman–Crippen LogP) is 3.64. The van der Waals surface area contributed by atoms with Crippen LogP contribution in [0.25, 0.3) is 10.2 Å². The van der Waals surface area contributed by atoms with Crippen molar-refractivity contribution in [3.8, 4) is 0 Å². The molecule has 2 aromatic heterocycles. The standard InChI is InChI=1S/C21H26N4O4S3/c1-5-6-10-25-20(27)17-12(2)13(3)30-19(17)24-21(25)31-14(4)18(26)23-15-8-7-9-16(11-15)32(22,28)29/h7-9,11,14H,5-6,10H2,1-4H3,(H,23,26)(H2,22,28,29). The van der Waals surface area contributed by atoms with Crippen LogP contribution in [-0.2, 0) is 21.4 Å². The van der Waals surface area contributed by atoms with Gasteiger partial charge < -0.3 is 5.32 Å². The van der Waals surface area contributed by atoms with Gasteiger partial charge in [-0.3, -0.25) is 14.2 Å². The minimum absolute atomic E-state index is 0.0822. The number of anilines is 1. The number of thiophene rings is 1. The molecular formula is C21H26N4O4S3. The van der Waals surface area contributed by atoms with Gasteiger partial charge in [0.2, 0.25) is 15.9 Å². The zero-order valence-corrected chi connectivity index (χ0v) is 20.8. The lowest BCUT2D eigenvalue weighted by molar-refractivity contribution is -0.115. The number of carbonyl (C=O) groups excluding carboxylic acids is 1. The van der Waals surface area contributed by atoms with E-state index in [4.69, 9.17) is 10.1 Å². The van der Waals surface area contributed by atoms with Gasteiger partial charge in [-0.15, -0.1) is 11.3 Å². The highest BCUT2D eigenvalue weighted by Gasteiger charge is 2.22. The molecule has 0 saturated carbocycles. The number of amides is 1. The number of thioether (sulfide) groups is 1. The molecule has 3 aromatic rings. The fraction of sp³-hybridized carbons (Fsp3) is 0.381. The lowest BCUT2D eigenvalue weighted by Gasteiger charge is -2.16. The number of nitrogens with zero attached hydrogens (tertiary/aromatic N) is 2. The number of rotatable bonds is 8. The Bertz CT molecular complexity index is 1330. The van der Waals surface area contributed by atoms with Gasteiger partial charge in [0.05, 0.1) is 15.5 Å². The first kappa shape index (κ1) is 24.4. The Morgan fingerprint density at radius 1 is 1.34 bits per heavy atom. The van der Waals surface area contributed by atoms with E-state index in [1.54, 1.807) is 17.6 Å². The summed E-state index contributed by atoms with van der Waals surface area (Å²) in [6, 6.07) is 5.76. The minimum atomic E-state index is -3.87. The third-order valence-corrected chi connectivity index (χ3v) is 8.17. The Morgan fingerprint density at radius 3 is 2.72 bits per heavy atom. The minimum Gasteiger partial charge on any atom is -0.325 e. The molecule has 172 valence electrons. The quantitative estimate of drug-likeness (QED) is 0.364. The van der Waals surface area contributed by atoms with Crippen LogP contribution in [0.15, 0.2) is 39.1 Å². The number of hydrogen-bond acceptors (Lipinski definition) is 7. The summed E-state index contributed by atoms with van der Waals surface area (Å²) >= 11 is 2.68. The molecule has 0 fully saturated rings.